The normalized spacial score (nSPS) is 12.6. The molecule has 0 saturated carbocycles. The zero-order chi connectivity index (χ0) is 27.2. The Hall–Kier alpha value is -3.45. The van der Waals surface area contributed by atoms with Crippen molar-refractivity contribution in [1.82, 2.24) is 5.32 Å². The molecule has 1 atom stereocenters. The summed E-state index contributed by atoms with van der Waals surface area (Å²) in [6.45, 7) is 12.5. The van der Waals surface area contributed by atoms with E-state index in [2.05, 4.69) is 31.4 Å². The fraction of sp³-hybridized carbons (Fsp3) is 0.367. The van der Waals surface area contributed by atoms with E-state index in [1.54, 1.807) is 36.5 Å². The minimum Gasteiger partial charge on any atom is -0.463 e. The van der Waals surface area contributed by atoms with Gasteiger partial charge in [-0.05, 0) is 78.1 Å². The Morgan fingerprint density at radius 2 is 1.73 bits per heavy atom. The van der Waals surface area contributed by atoms with Crippen molar-refractivity contribution in [2.24, 2.45) is 5.92 Å². The lowest BCUT2D eigenvalue weighted by Crippen LogP contribution is -2.44. The molecular weight excluding hydrogens is 484 g/mol. The second-order valence-corrected chi connectivity index (χ2v) is 11.6. The van der Waals surface area contributed by atoms with Crippen molar-refractivity contribution in [2.45, 2.75) is 59.4 Å². The lowest BCUT2D eigenvalue weighted by atomic mass is 9.86. The van der Waals surface area contributed by atoms with Crippen LogP contribution in [0, 0.1) is 5.92 Å². The summed E-state index contributed by atoms with van der Waals surface area (Å²) in [7, 11) is 0. The van der Waals surface area contributed by atoms with E-state index in [1.165, 1.54) is 6.08 Å². The summed E-state index contributed by atoms with van der Waals surface area (Å²) in [5.41, 5.74) is 2.31. The van der Waals surface area contributed by atoms with Crippen LogP contribution in [0.1, 0.15) is 68.8 Å². The van der Waals surface area contributed by atoms with Crippen molar-refractivity contribution in [1.29, 1.82) is 0 Å². The molecule has 37 heavy (non-hydrogen) atoms. The Morgan fingerprint density at radius 3 is 2.35 bits per heavy atom. The van der Waals surface area contributed by atoms with Crippen molar-refractivity contribution >= 4 is 51.0 Å². The van der Waals surface area contributed by atoms with Gasteiger partial charge in [0.05, 0.1) is 6.61 Å². The van der Waals surface area contributed by atoms with E-state index in [0.29, 0.717) is 24.3 Å². The molecule has 3 aromatic rings. The molecular formula is C30H36N2O4S. The van der Waals surface area contributed by atoms with Crippen LogP contribution >= 0.6 is 11.3 Å². The number of nitrogens with one attached hydrogen (secondary N) is 2. The third-order valence-electron chi connectivity index (χ3n) is 5.82. The molecule has 1 heterocycles. The van der Waals surface area contributed by atoms with Gasteiger partial charge >= 0.3 is 5.97 Å². The minimum absolute atomic E-state index is 0.00340. The summed E-state index contributed by atoms with van der Waals surface area (Å²) in [5, 5.41) is 6.83. The summed E-state index contributed by atoms with van der Waals surface area (Å²) in [4.78, 5) is 38.6. The molecule has 3 rings (SSSR count). The van der Waals surface area contributed by atoms with Gasteiger partial charge in [0.2, 0.25) is 5.91 Å². The second kappa shape index (κ2) is 12.2. The highest BCUT2D eigenvalue weighted by Crippen LogP contribution is 2.29. The molecule has 0 aliphatic carbocycles. The number of anilines is 1. The number of thiophene rings is 1. The number of hydrogen-bond acceptors (Lipinski definition) is 5. The zero-order valence-electron chi connectivity index (χ0n) is 22.4. The van der Waals surface area contributed by atoms with E-state index in [9.17, 15) is 14.4 Å². The van der Waals surface area contributed by atoms with Crippen LogP contribution in [0.15, 0.2) is 54.6 Å². The van der Waals surface area contributed by atoms with Crippen LogP contribution in [-0.2, 0) is 19.7 Å². The molecule has 2 amide bonds. The SMILES string of the molecule is CCOC(=O)/C=C/c1cc2cc(NC(=O)C(CC(C)C)NC(=O)c3ccc(C(C)(C)C)cc3)ccc2s1. The highest BCUT2D eigenvalue weighted by atomic mass is 32.1. The molecule has 1 unspecified atom stereocenters. The maximum atomic E-state index is 13.2. The molecule has 0 aliphatic rings. The molecule has 0 saturated heterocycles. The van der Waals surface area contributed by atoms with Crippen LogP contribution in [0.4, 0.5) is 5.69 Å². The average molecular weight is 521 g/mol. The van der Waals surface area contributed by atoms with Gasteiger partial charge in [-0.25, -0.2) is 4.79 Å². The first kappa shape index (κ1) is 28.1. The molecule has 0 spiro atoms. The Kier molecular flexibility index (Phi) is 9.27. The summed E-state index contributed by atoms with van der Waals surface area (Å²) in [6, 6.07) is 14.5. The van der Waals surface area contributed by atoms with Crippen LogP contribution < -0.4 is 10.6 Å². The molecule has 7 heteroatoms. The van der Waals surface area contributed by atoms with Crippen LogP contribution in [0.2, 0.25) is 0 Å². The molecule has 2 aromatic carbocycles. The lowest BCUT2D eigenvalue weighted by molar-refractivity contribution is -0.137. The number of fused-ring (bicyclic) bond motifs is 1. The molecule has 2 N–H and O–H groups in total. The number of hydrogen-bond donors (Lipinski definition) is 2. The van der Waals surface area contributed by atoms with E-state index in [4.69, 9.17) is 4.74 Å². The van der Waals surface area contributed by atoms with Crippen LogP contribution in [-0.4, -0.2) is 30.4 Å². The summed E-state index contributed by atoms with van der Waals surface area (Å²) in [5.74, 6) is -0.693. The highest BCUT2D eigenvalue weighted by Gasteiger charge is 2.23. The van der Waals surface area contributed by atoms with Gasteiger partial charge in [0.1, 0.15) is 6.04 Å². The fourth-order valence-electron chi connectivity index (χ4n) is 3.86. The van der Waals surface area contributed by atoms with E-state index < -0.39 is 6.04 Å². The Balaban J connectivity index is 1.72. The quantitative estimate of drug-likeness (QED) is 0.247. The fourth-order valence-corrected chi connectivity index (χ4v) is 4.81. The summed E-state index contributed by atoms with van der Waals surface area (Å²) in [6.07, 6.45) is 3.65. The van der Waals surface area contributed by atoms with Crippen molar-refractivity contribution < 1.29 is 19.1 Å². The van der Waals surface area contributed by atoms with Gasteiger partial charge in [0, 0.05) is 26.9 Å². The van der Waals surface area contributed by atoms with E-state index in [0.717, 1.165) is 20.5 Å². The van der Waals surface area contributed by atoms with Crippen molar-refractivity contribution in [3.63, 3.8) is 0 Å². The van der Waals surface area contributed by atoms with E-state index >= 15 is 0 Å². The smallest absolute Gasteiger partial charge is 0.330 e. The number of amides is 2. The largest absolute Gasteiger partial charge is 0.463 e. The number of benzene rings is 2. The second-order valence-electron chi connectivity index (χ2n) is 10.5. The van der Waals surface area contributed by atoms with Crippen LogP contribution in [0.5, 0.6) is 0 Å². The van der Waals surface area contributed by atoms with Gasteiger partial charge in [-0.15, -0.1) is 11.3 Å². The average Bonchev–Trinajstić information content (AvgIpc) is 3.24. The number of carbonyl (C=O) groups is 3. The van der Waals surface area contributed by atoms with Gasteiger partial charge in [-0.3, -0.25) is 9.59 Å². The van der Waals surface area contributed by atoms with Crippen molar-refractivity contribution in [2.75, 3.05) is 11.9 Å². The Bertz CT molecular complexity index is 1280. The molecule has 0 radical (unpaired) electrons. The highest BCUT2D eigenvalue weighted by molar-refractivity contribution is 7.19. The van der Waals surface area contributed by atoms with Crippen LogP contribution in [0.25, 0.3) is 16.2 Å². The number of rotatable bonds is 9. The molecule has 0 bridgehead atoms. The van der Waals surface area contributed by atoms with E-state index in [-0.39, 0.29) is 29.1 Å². The van der Waals surface area contributed by atoms with Gasteiger partial charge in [0.15, 0.2) is 0 Å². The standard InChI is InChI=1S/C30H36N2O4S/c1-7-36-27(33)15-13-24-18-21-17-23(12-14-26(21)37-24)31-29(35)25(16-19(2)3)32-28(34)20-8-10-22(11-9-20)30(4,5)6/h8-15,17-19,25H,7,16H2,1-6H3,(H,31,35)(H,32,34)/b15-13+. The van der Waals surface area contributed by atoms with Gasteiger partial charge in [-0.1, -0.05) is 46.8 Å². The maximum absolute atomic E-state index is 13.2. The van der Waals surface area contributed by atoms with Gasteiger partial charge in [0.25, 0.3) is 5.91 Å². The third kappa shape index (κ3) is 8.02. The predicted molar refractivity (Wildman–Crippen MR) is 152 cm³/mol. The molecule has 1 aromatic heterocycles. The van der Waals surface area contributed by atoms with Crippen LogP contribution in [0.3, 0.4) is 0 Å². The Labute approximate surface area is 223 Å². The third-order valence-corrected chi connectivity index (χ3v) is 6.90. The first-order valence-corrected chi connectivity index (χ1v) is 13.4. The summed E-state index contributed by atoms with van der Waals surface area (Å²) >= 11 is 1.54. The van der Waals surface area contributed by atoms with Gasteiger partial charge in [-0.2, -0.15) is 0 Å². The van der Waals surface area contributed by atoms with Crippen molar-refractivity contribution in [3.05, 3.63) is 70.6 Å². The molecule has 196 valence electrons. The molecule has 6 nitrogen and oxygen atoms in total. The Morgan fingerprint density at radius 1 is 1.03 bits per heavy atom. The first-order chi connectivity index (χ1) is 17.5. The maximum Gasteiger partial charge on any atom is 0.330 e. The number of esters is 1. The van der Waals surface area contributed by atoms with E-state index in [1.807, 2.05) is 50.2 Å². The minimum atomic E-state index is -0.670. The number of ether oxygens (including phenoxy) is 1. The predicted octanol–water partition coefficient (Wildman–Crippen LogP) is 6.56. The zero-order valence-corrected chi connectivity index (χ0v) is 23.2. The summed E-state index contributed by atoms with van der Waals surface area (Å²) < 4.78 is 5.96. The first-order valence-electron chi connectivity index (χ1n) is 12.6. The molecule has 0 aliphatic heterocycles. The lowest BCUT2D eigenvalue weighted by Gasteiger charge is -2.21. The van der Waals surface area contributed by atoms with Gasteiger partial charge < -0.3 is 15.4 Å². The molecule has 0 fully saturated rings. The van der Waals surface area contributed by atoms with Crippen molar-refractivity contribution in [3.8, 4) is 0 Å². The topological polar surface area (TPSA) is 84.5 Å². The monoisotopic (exact) mass is 520 g/mol. The number of carbonyl (C=O) groups excluding carboxylic acids is 3.